The van der Waals surface area contributed by atoms with Crippen molar-refractivity contribution < 1.29 is 4.79 Å². The SMILES string of the molecule is CC(=O)C(SCc1ccccc1)c1ccccc1. The van der Waals surface area contributed by atoms with E-state index in [2.05, 4.69) is 12.1 Å². The Kier molecular flexibility index (Phi) is 4.59. The molecule has 1 unspecified atom stereocenters. The molecule has 0 aliphatic carbocycles. The van der Waals surface area contributed by atoms with Gasteiger partial charge in [-0.15, -0.1) is 11.8 Å². The number of rotatable bonds is 5. The van der Waals surface area contributed by atoms with E-state index in [4.69, 9.17) is 0 Å². The molecule has 0 saturated heterocycles. The summed E-state index contributed by atoms with van der Waals surface area (Å²) in [7, 11) is 0. The third kappa shape index (κ3) is 3.47. The number of hydrogen-bond acceptors (Lipinski definition) is 2. The van der Waals surface area contributed by atoms with Crippen LogP contribution in [0.3, 0.4) is 0 Å². The van der Waals surface area contributed by atoms with Gasteiger partial charge in [-0.3, -0.25) is 4.79 Å². The van der Waals surface area contributed by atoms with Gasteiger partial charge >= 0.3 is 0 Å². The summed E-state index contributed by atoms with van der Waals surface area (Å²) < 4.78 is 0. The van der Waals surface area contributed by atoms with Gasteiger partial charge in [0.05, 0.1) is 5.25 Å². The third-order valence-corrected chi connectivity index (χ3v) is 4.17. The number of thioether (sulfide) groups is 1. The lowest BCUT2D eigenvalue weighted by Crippen LogP contribution is -2.05. The topological polar surface area (TPSA) is 17.1 Å². The average Bonchev–Trinajstić information content (AvgIpc) is 2.41. The first kappa shape index (κ1) is 12.9. The van der Waals surface area contributed by atoms with Crippen molar-refractivity contribution in [1.82, 2.24) is 0 Å². The molecule has 0 N–H and O–H groups in total. The van der Waals surface area contributed by atoms with Crippen molar-refractivity contribution in [2.24, 2.45) is 0 Å². The fourth-order valence-corrected chi connectivity index (χ4v) is 2.97. The first-order valence-corrected chi connectivity index (χ1v) is 7.03. The summed E-state index contributed by atoms with van der Waals surface area (Å²) in [5.74, 6) is 1.07. The van der Waals surface area contributed by atoms with Crippen LogP contribution in [0.25, 0.3) is 0 Å². The van der Waals surface area contributed by atoms with Gasteiger partial charge in [0, 0.05) is 5.75 Å². The third-order valence-electron chi connectivity index (χ3n) is 2.73. The number of hydrogen-bond donors (Lipinski definition) is 0. The molecule has 2 aromatic carbocycles. The van der Waals surface area contributed by atoms with E-state index in [0.29, 0.717) is 0 Å². The summed E-state index contributed by atoms with van der Waals surface area (Å²) in [4.78, 5) is 11.7. The van der Waals surface area contributed by atoms with Crippen molar-refractivity contribution >= 4 is 17.5 Å². The van der Waals surface area contributed by atoms with Crippen LogP contribution in [0.5, 0.6) is 0 Å². The van der Waals surface area contributed by atoms with Gasteiger partial charge in [-0.05, 0) is 18.1 Å². The molecule has 0 amide bonds. The van der Waals surface area contributed by atoms with Gasteiger partial charge in [0.25, 0.3) is 0 Å². The Morgan fingerprint density at radius 3 is 2.11 bits per heavy atom. The molecule has 0 aliphatic heterocycles. The van der Waals surface area contributed by atoms with E-state index < -0.39 is 0 Å². The molecule has 18 heavy (non-hydrogen) atoms. The van der Waals surface area contributed by atoms with Gasteiger partial charge in [-0.25, -0.2) is 0 Å². The zero-order chi connectivity index (χ0) is 12.8. The summed E-state index contributed by atoms with van der Waals surface area (Å²) in [5, 5.41) is -0.0635. The Labute approximate surface area is 112 Å². The zero-order valence-electron chi connectivity index (χ0n) is 10.4. The fourth-order valence-electron chi connectivity index (χ4n) is 1.83. The molecule has 2 aromatic rings. The van der Waals surface area contributed by atoms with Crippen LogP contribution < -0.4 is 0 Å². The Balaban J connectivity index is 2.06. The van der Waals surface area contributed by atoms with E-state index in [-0.39, 0.29) is 11.0 Å². The van der Waals surface area contributed by atoms with Crippen LogP contribution in [-0.2, 0) is 10.5 Å². The van der Waals surface area contributed by atoms with Crippen LogP contribution >= 0.6 is 11.8 Å². The Bertz CT molecular complexity index is 493. The van der Waals surface area contributed by atoms with Crippen LogP contribution in [-0.4, -0.2) is 5.78 Å². The van der Waals surface area contributed by atoms with Gasteiger partial charge in [0.2, 0.25) is 0 Å². The number of ketones is 1. The molecule has 92 valence electrons. The molecule has 0 radical (unpaired) electrons. The van der Waals surface area contributed by atoms with Gasteiger partial charge < -0.3 is 0 Å². The lowest BCUT2D eigenvalue weighted by molar-refractivity contribution is -0.116. The Morgan fingerprint density at radius 1 is 1.00 bits per heavy atom. The maximum atomic E-state index is 11.7. The molecule has 0 saturated carbocycles. The standard InChI is InChI=1S/C16H16OS/c1-13(17)16(15-10-6-3-7-11-15)18-12-14-8-4-2-5-9-14/h2-11,16H,12H2,1H3. The molecule has 0 heterocycles. The van der Waals surface area contributed by atoms with Crippen molar-refractivity contribution in [1.29, 1.82) is 0 Å². The van der Waals surface area contributed by atoms with Crippen LogP contribution in [0.2, 0.25) is 0 Å². The average molecular weight is 256 g/mol. The fraction of sp³-hybridized carbons (Fsp3) is 0.188. The second-order valence-corrected chi connectivity index (χ2v) is 5.29. The summed E-state index contributed by atoms with van der Waals surface area (Å²) in [6, 6.07) is 20.2. The highest BCUT2D eigenvalue weighted by Gasteiger charge is 2.16. The lowest BCUT2D eigenvalue weighted by atomic mass is 10.1. The first-order chi connectivity index (χ1) is 8.77. The number of benzene rings is 2. The van der Waals surface area contributed by atoms with E-state index in [1.807, 2.05) is 48.5 Å². The number of carbonyl (C=O) groups excluding carboxylic acids is 1. The van der Waals surface area contributed by atoms with Crippen LogP contribution in [0.4, 0.5) is 0 Å². The molecule has 0 aliphatic rings. The summed E-state index contributed by atoms with van der Waals surface area (Å²) >= 11 is 1.69. The predicted octanol–water partition coefficient (Wildman–Crippen LogP) is 4.25. The summed E-state index contributed by atoms with van der Waals surface area (Å²) in [6.07, 6.45) is 0. The summed E-state index contributed by atoms with van der Waals surface area (Å²) in [5.41, 5.74) is 2.34. The predicted molar refractivity (Wildman–Crippen MR) is 77.6 cm³/mol. The molecule has 1 nitrogen and oxygen atoms in total. The van der Waals surface area contributed by atoms with Gasteiger partial charge in [0.1, 0.15) is 5.78 Å². The minimum absolute atomic E-state index is 0.0635. The van der Waals surface area contributed by atoms with E-state index in [0.717, 1.165) is 11.3 Å². The highest BCUT2D eigenvalue weighted by atomic mass is 32.2. The van der Waals surface area contributed by atoms with Gasteiger partial charge in [0.15, 0.2) is 0 Å². The maximum absolute atomic E-state index is 11.7. The smallest absolute Gasteiger partial charge is 0.147 e. The van der Waals surface area contributed by atoms with Gasteiger partial charge in [-0.2, -0.15) is 0 Å². The quantitative estimate of drug-likeness (QED) is 0.795. The number of carbonyl (C=O) groups is 1. The van der Waals surface area contributed by atoms with Crippen molar-refractivity contribution in [3.05, 3.63) is 71.8 Å². The second-order valence-electron chi connectivity index (χ2n) is 4.20. The molecule has 0 aromatic heterocycles. The van der Waals surface area contributed by atoms with E-state index in [1.54, 1.807) is 18.7 Å². The first-order valence-electron chi connectivity index (χ1n) is 5.98. The number of Topliss-reactive ketones (excluding diaryl/α,β-unsaturated/α-hetero) is 1. The molecule has 2 heteroatoms. The van der Waals surface area contributed by atoms with Crippen molar-refractivity contribution in [3.63, 3.8) is 0 Å². The normalized spacial score (nSPS) is 12.1. The molecule has 0 fully saturated rings. The van der Waals surface area contributed by atoms with E-state index >= 15 is 0 Å². The molecular formula is C16H16OS. The van der Waals surface area contributed by atoms with E-state index in [9.17, 15) is 4.79 Å². The van der Waals surface area contributed by atoms with Crippen LogP contribution in [0.15, 0.2) is 60.7 Å². The minimum atomic E-state index is -0.0635. The molecule has 2 rings (SSSR count). The second kappa shape index (κ2) is 6.41. The minimum Gasteiger partial charge on any atom is -0.298 e. The maximum Gasteiger partial charge on any atom is 0.147 e. The summed E-state index contributed by atoms with van der Waals surface area (Å²) in [6.45, 7) is 1.66. The molecule has 0 spiro atoms. The van der Waals surface area contributed by atoms with Crippen LogP contribution in [0.1, 0.15) is 23.3 Å². The monoisotopic (exact) mass is 256 g/mol. The van der Waals surface area contributed by atoms with Crippen LogP contribution in [0, 0.1) is 0 Å². The molecule has 0 bridgehead atoms. The Hall–Kier alpha value is -1.54. The highest BCUT2D eigenvalue weighted by Crippen LogP contribution is 2.32. The van der Waals surface area contributed by atoms with Crippen molar-refractivity contribution in [3.8, 4) is 0 Å². The van der Waals surface area contributed by atoms with E-state index in [1.165, 1.54) is 5.56 Å². The lowest BCUT2D eigenvalue weighted by Gasteiger charge is -2.13. The largest absolute Gasteiger partial charge is 0.298 e. The van der Waals surface area contributed by atoms with Crippen molar-refractivity contribution in [2.75, 3.05) is 0 Å². The van der Waals surface area contributed by atoms with Crippen molar-refractivity contribution in [2.45, 2.75) is 17.9 Å². The zero-order valence-corrected chi connectivity index (χ0v) is 11.2. The van der Waals surface area contributed by atoms with Gasteiger partial charge in [-0.1, -0.05) is 60.7 Å². The molecule has 1 atom stereocenters. The molecular weight excluding hydrogens is 240 g/mol. The highest BCUT2D eigenvalue weighted by molar-refractivity contribution is 7.99. The Morgan fingerprint density at radius 2 is 1.56 bits per heavy atom.